The molecule has 0 N–H and O–H groups in total. The Kier molecular flexibility index (Phi) is 7.15. The highest BCUT2D eigenvalue weighted by atomic mass is 31.2. The van der Waals surface area contributed by atoms with Gasteiger partial charge in [-0.25, -0.2) is 9.97 Å². The van der Waals surface area contributed by atoms with E-state index in [9.17, 15) is 0 Å². The summed E-state index contributed by atoms with van der Waals surface area (Å²) < 4.78 is 16.6. The molecule has 5 heteroatoms. The molecular weight excluding hydrogens is 750 g/mol. The van der Waals surface area contributed by atoms with E-state index in [1.807, 2.05) is 6.07 Å². The normalized spacial score (nSPS) is 21.0. The fourth-order valence-corrected chi connectivity index (χ4v) is 13.7. The lowest BCUT2D eigenvalue weighted by Crippen LogP contribution is -2.35. The predicted octanol–water partition coefficient (Wildman–Crippen LogP) is 12.5. The highest BCUT2D eigenvalue weighted by Gasteiger charge is 2.49. The Morgan fingerprint density at radius 3 is 2.30 bits per heavy atom. The average Bonchev–Trinajstić information content (AvgIpc) is 3.99. The van der Waals surface area contributed by atoms with Crippen LogP contribution >= 0.6 is 7.14 Å². The van der Waals surface area contributed by atoms with Crippen LogP contribution < -0.4 is 15.5 Å². The van der Waals surface area contributed by atoms with Crippen LogP contribution in [-0.4, -0.2) is 16.0 Å². The first-order valence-electron chi connectivity index (χ1n) is 20.7. The SMILES string of the molecule is O=P1(c2ccc3ccccc3c2)C2=C(c3ccccc3N(c3nc(C4=CC5=C(c6cccc7ccccc67)[C@H]5C=C4)c4ccccc4n3)C3CC=CC=C23)c2ccccc21. The number of anilines is 2. The maximum Gasteiger partial charge on any atom is 0.231 e. The van der Waals surface area contributed by atoms with Crippen molar-refractivity contribution in [3.8, 4) is 0 Å². The van der Waals surface area contributed by atoms with Gasteiger partial charge in [0.2, 0.25) is 5.95 Å². The van der Waals surface area contributed by atoms with E-state index < -0.39 is 7.14 Å². The Morgan fingerprint density at radius 1 is 0.650 bits per heavy atom. The fourth-order valence-electron chi connectivity index (χ4n) is 10.4. The quantitative estimate of drug-likeness (QED) is 0.167. The van der Waals surface area contributed by atoms with E-state index in [-0.39, 0.29) is 6.04 Å². The summed E-state index contributed by atoms with van der Waals surface area (Å²) >= 11 is 0. The van der Waals surface area contributed by atoms with E-state index in [0.29, 0.717) is 18.3 Å². The summed E-state index contributed by atoms with van der Waals surface area (Å²) in [4.78, 5) is 13.3. The minimum Gasteiger partial charge on any atom is -0.309 e. The highest BCUT2D eigenvalue weighted by molar-refractivity contribution is 7.83. The average molecular weight is 786 g/mol. The third-order valence-electron chi connectivity index (χ3n) is 13.1. The van der Waals surface area contributed by atoms with Gasteiger partial charge in [0.15, 0.2) is 7.14 Å². The Balaban J connectivity index is 1.01. The molecule has 4 nitrogen and oxygen atoms in total. The van der Waals surface area contributed by atoms with E-state index in [1.165, 1.54) is 27.5 Å². The Bertz CT molecular complexity index is 3470. The van der Waals surface area contributed by atoms with Crippen LogP contribution in [0.25, 0.3) is 49.2 Å². The van der Waals surface area contributed by atoms with Crippen LogP contribution in [0.15, 0.2) is 211 Å². The first kappa shape index (κ1) is 33.8. The number of nitrogens with zero attached hydrogens (tertiary/aromatic N) is 3. The number of hydrogen-bond acceptors (Lipinski definition) is 4. The van der Waals surface area contributed by atoms with Gasteiger partial charge in [0.1, 0.15) is 0 Å². The van der Waals surface area contributed by atoms with Crippen LogP contribution in [0.3, 0.4) is 0 Å². The van der Waals surface area contributed by atoms with Gasteiger partial charge in [-0.05, 0) is 80.1 Å². The lowest BCUT2D eigenvalue weighted by Gasteiger charge is -2.35. The first-order chi connectivity index (χ1) is 29.6. The van der Waals surface area contributed by atoms with Gasteiger partial charge >= 0.3 is 0 Å². The molecule has 282 valence electrons. The van der Waals surface area contributed by atoms with E-state index >= 15 is 4.57 Å². The molecule has 0 saturated heterocycles. The second kappa shape index (κ2) is 12.7. The molecule has 0 spiro atoms. The molecule has 8 aromatic rings. The van der Waals surface area contributed by atoms with Gasteiger partial charge < -0.3 is 9.46 Å². The summed E-state index contributed by atoms with van der Waals surface area (Å²) in [5.41, 5.74) is 12.1. The molecule has 0 bridgehead atoms. The molecule has 60 heavy (non-hydrogen) atoms. The van der Waals surface area contributed by atoms with Gasteiger partial charge in [0.05, 0.1) is 22.9 Å². The van der Waals surface area contributed by atoms with Crippen LogP contribution in [0.5, 0.6) is 0 Å². The van der Waals surface area contributed by atoms with Crippen molar-refractivity contribution in [2.45, 2.75) is 12.5 Å². The second-order valence-corrected chi connectivity index (χ2v) is 19.0. The molecule has 7 aromatic carbocycles. The molecule has 0 fully saturated rings. The van der Waals surface area contributed by atoms with Crippen LogP contribution in [0.1, 0.15) is 28.8 Å². The van der Waals surface area contributed by atoms with Gasteiger partial charge in [-0.1, -0.05) is 170 Å². The van der Waals surface area contributed by atoms with E-state index in [2.05, 4.69) is 193 Å². The molecule has 3 aliphatic carbocycles. The number of fused-ring (bicyclic) bond motifs is 10. The monoisotopic (exact) mass is 785 g/mol. The molecule has 2 unspecified atom stereocenters. The zero-order valence-corrected chi connectivity index (χ0v) is 33.4. The Labute approximate surface area is 348 Å². The summed E-state index contributed by atoms with van der Waals surface area (Å²) in [6.45, 7) is 0. The molecule has 3 heterocycles. The van der Waals surface area contributed by atoms with Gasteiger partial charge in [0, 0.05) is 43.9 Å². The third-order valence-corrected chi connectivity index (χ3v) is 16.3. The zero-order valence-electron chi connectivity index (χ0n) is 32.5. The number of rotatable bonds is 4. The molecule has 0 saturated carbocycles. The summed E-state index contributed by atoms with van der Waals surface area (Å²) in [7, 11) is -3.37. The molecule has 1 aromatic heterocycles. The molecule has 13 rings (SSSR count). The van der Waals surface area contributed by atoms with Crippen molar-refractivity contribution < 1.29 is 4.57 Å². The van der Waals surface area contributed by atoms with Crippen molar-refractivity contribution in [3.05, 3.63) is 233 Å². The number of allylic oxidation sites excluding steroid dienone is 8. The summed E-state index contributed by atoms with van der Waals surface area (Å²) in [5, 5.41) is 8.46. The molecule has 0 amide bonds. The fraction of sp³-hybridized carbons (Fsp3) is 0.0545. The predicted molar refractivity (Wildman–Crippen MR) is 249 cm³/mol. The standard InChI is InChI=1S/C55H36N3OP/c59-60(38-30-28-34-14-1-2-16-36(34)32-38)50-27-12-8-22-45(50)52-43-20-6-10-25-48(43)58(49-26-11-7-21-44(49)54(52)60)55-56-47-24-9-5-19-42(47)53(57-55)37-29-31-41-46(33-37)51(41)40-23-13-17-35-15-3-4-18-39(35)40/h1-25,27-33,41,49H,26H2/t41-,49?,60?/m0/s1. The van der Waals surface area contributed by atoms with Gasteiger partial charge in [-0.3, -0.25) is 0 Å². The molecule has 0 radical (unpaired) electrons. The van der Waals surface area contributed by atoms with Crippen molar-refractivity contribution in [2.24, 2.45) is 5.92 Å². The Morgan fingerprint density at radius 2 is 1.38 bits per heavy atom. The minimum atomic E-state index is -3.37. The van der Waals surface area contributed by atoms with Crippen molar-refractivity contribution in [1.29, 1.82) is 0 Å². The van der Waals surface area contributed by atoms with Crippen molar-refractivity contribution in [3.63, 3.8) is 0 Å². The van der Waals surface area contributed by atoms with Crippen LogP contribution in [0.2, 0.25) is 0 Å². The maximum absolute atomic E-state index is 16.6. The van der Waals surface area contributed by atoms with E-state index in [1.54, 1.807) is 0 Å². The molecule has 3 atom stereocenters. The summed E-state index contributed by atoms with van der Waals surface area (Å²) in [6.07, 6.45) is 14.2. The summed E-state index contributed by atoms with van der Waals surface area (Å²) in [6, 6.07) is 55.1. The molecule has 5 aliphatic rings. The molecule has 2 aliphatic heterocycles. The van der Waals surface area contributed by atoms with Gasteiger partial charge in [0.25, 0.3) is 0 Å². The lowest BCUT2D eigenvalue weighted by atomic mass is 9.93. The van der Waals surface area contributed by atoms with Crippen molar-refractivity contribution in [1.82, 2.24) is 9.97 Å². The van der Waals surface area contributed by atoms with Gasteiger partial charge in [-0.15, -0.1) is 0 Å². The minimum absolute atomic E-state index is 0.204. The number of hydrogen-bond donors (Lipinski definition) is 0. The second-order valence-electron chi connectivity index (χ2n) is 16.3. The van der Waals surface area contributed by atoms with E-state index in [4.69, 9.17) is 9.97 Å². The first-order valence-corrected chi connectivity index (χ1v) is 22.4. The van der Waals surface area contributed by atoms with Crippen LogP contribution in [0, 0.1) is 5.92 Å². The van der Waals surface area contributed by atoms with Gasteiger partial charge in [-0.2, -0.15) is 0 Å². The third kappa shape index (κ3) is 4.77. The van der Waals surface area contributed by atoms with Crippen molar-refractivity contribution >= 4 is 78.6 Å². The lowest BCUT2D eigenvalue weighted by molar-refractivity contribution is 0.590. The van der Waals surface area contributed by atoms with Crippen LogP contribution in [-0.2, 0) is 4.57 Å². The van der Waals surface area contributed by atoms with Crippen molar-refractivity contribution in [2.75, 3.05) is 4.90 Å². The largest absolute Gasteiger partial charge is 0.309 e. The Hall–Kier alpha value is -7.13. The number of aromatic nitrogens is 2. The number of benzene rings is 7. The zero-order chi connectivity index (χ0) is 39.5. The number of para-hydroxylation sites is 2. The summed E-state index contributed by atoms with van der Waals surface area (Å²) in [5.74, 6) is 0.939. The molecular formula is C55H36N3OP. The highest BCUT2D eigenvalue weighted by Crippen LogP contribution is 2.67. The topological polar surface area (TPSA) is 46.1 Å². The maximum atomic E-state index is 16.6. The van der Waals surface area contributed by atoms with E-state index in [0.717, 1.165) is 76.8 Å². The van der Waals surface area contributed by atoms with Crippen LogP contribution in [0.4, 0.5) is 11.6 Å². The smallest absolute Gasteiger partial charge is 0.231 e.